The molecule has 2 heteroatoms. The second kappa shape index (κ2) is 6.41. The third kappa shape index (κ3) is 2.74. The Labute approximate surface area is 122 Å². The van der Waals surface area contributed by atoms with E-state index in [0.717, 1.165) is 49.1 Å². The molecule has 1 unspecified atom stereocenters. The monoisotopic (exact) mass is 271 g/mol. The predicted molar refractivity (Wildman–Crippen MR) is 81.1 cm³/mol. The average Bonchev–Trinajstić information content (AvgIpc) is 2.54. The first-order chi connectivity index (χ1) is 9.66. The lowest BCUT2D eigenvalue weighted by Crippen LogP contribution is -2.33. The molecule has 20 heavy (non-hydrogen) atoms. The maximum atomic E-state index is 10.8. The number of nitriles is 1. The smallest absolute Gasteiger partial charge is 0.0978 e. The summed E-state index contributed by atoms with van der Waals surface area (Å²) in [5, 5.41) is 20.5. The fraction of sp³-hybridized carbons (Fsp3) is 0.611. The minimum atomic E-state index is -0.651. The van der Waals surface area contributed by atoms with Crippen LogP contribution in [0.15, 0.2) is 24.3 Å². The van der Waals surface area contributed by atoms with E-state index < -0.39 is 11.5 Å². The van der Waals surface area contributed by atoms with Gasteiger partial charge in [0.15, 0.2) is 0 Å². The Morgan fingerprint density at radius 2 is 1.95 bits per heavy atom. The molecule has 0 heterocycles. The highest BCUT2D eigenvalue weighted by Crippen LogP contribution is 2.48. The van der Waals surface area contributed by atoms with Gasteiger partial charge in [0, 0.05) is 0 Å². The summed E-state index contributed by atoms with van der Waals surface area (Å²) in [7, 11) is 0. The second-order valence-electron chi connectivity index (χ2n) is 6.07. The molecule has 0 spiro atoms. The molecule has 2 rings (SSSR count). The SMILES string of the molecule is CCc1ccccc1C(O)C1(C#N)CCC(CC)CC1. The molecule has 0 aromatic heterocycles. The highest BCUT2D eigenvalue weighted by atomic mass is 16.3. The quantitative estimate of drug-likeness (QED) is 0.882. The number of aliphatic hydroxyl groups excluding tert-OH is 1. The van der Waals surface area contributed by atoms with Gasteiger partial charge in [-0.15, -0.1) is 0 Å². The van der Waals surface area contributed by atoms with E-state index in [9.17, 15) is 10.4 Å². The molecule has 1 fully saturated rings. The Balaban J connectivity index is 2.26. The van der Waals surface area contributed by atoms with Gasteiger partial charge in [-0.3, -0.25) is 0 Å². The minimum Gasteiger partial charge on any atom is -0.387 e. The largest absolute Gasteiger partial charge is 0.387 e. The Hall–Kier alpha value is -1.33. The van der Waals surface area contributed by atoms with E-state index in [1.807, 2.05) is 18.2 Å². The van der Waals surface area contributed by atoms with E-state index >= 15 is 0 Å². The summed E-state index contributed by atoms with van der Waals surface area (Å²) in [6.07, 6.45) is 5.20. The maximum Gasteiger partial charge on any atom is 0.0978 e. The van der Waals surface area contributed by atoms with Crippen molar-refractivity contribution in [3.8, 4) is 6.07 Å². The van der Waals surface area contributed by atoms with Gasteiger partial charge < -0.3 is 5.11 Å². The summed E-state index contributed by atoms with van der Waals surface area (Å²) >= 11 is 0. The van der Waals surface area contributed by atoms with Crippen molar-refractivity contribution in [2.75, 3.05) is 0 Å². The summed E-state index contributed by atoms with van der Waals surface area (Å²) in [5.41, 5.74) is 1.52. The van der Waals surface area contributed by atoms with Crippen LogP contribution in [-0.2, 0) is 6.42 Å². The van der Waals surface area contributed by atoms with Gasteiger partial charge in [0.2, 0.25) is 0 Å². The second-order valence-corrected chi connectivity index (χ2v) is 6.07. The molecule has 1 aliphatic rings. The van der Waals surface area contributed by atoms with Crippen LogP contribution >= 0.6 is 0 Å². The van der Waals surface area contributed by atoms with Gasteiger partial charge in [0.1, 0.15) is 0 Å². The van der Waals surface area contributed by atoms with Gasteiger partial charge >= 0.3 is 0 Å². The van der Waals surface area contributed by atoms with Crippen LogP contribution in [0.5, 0.6) is 0 Å². The lowest BCUT2D eigenvalue weighted by molar-refractivity contribution is 0.0237. The molecule has 0 amide bonds. The fourth-order valence-electron chi connectivity index (χ4n) is 3.47. The van der Waals surface area contributed by atoms with Gasteiger partial charge in [-0.05, 0) is 49.1 Å². The molecule has 0 saturated heterocycles. The highest BCUT2D eigenvalue weighted by Gasteiger charge is 2.42. The van der Waals surface area contributed by atoms with Crippen LogP contribution in [0.25, 0.3) is 0 Å². The summed E-state index contributed by atoms with van der Waals surface area (Å²) in [6, 6.07) is 10.5. The van der Waals surface area contributed by atoms with Crippen molar-refractivity contribution in [3.05, 3.63) is 35.4 Å². The molecular weight excluding hydrogens is 246 g/mol. The molecule has 1 aromatic rings. The Morgan fingerprint density at radius 1 is 1.30 bits per heavy atom. The Morgan fingerprint density at radius 3 is 2.50 bits per heavy atom. The number of hydrogen-bond donors (Lipinski definition) is 1. The van der Waals surface area contributed by atoms with Gasteiger partial charge in [0.25, 0.3) is 0 Å². The molecule has 2 nitrogen and oxygen atoms in total. The van der Waals surface area contributed by atoms with Crippen LogP contribution < -0.4 is 0 Å². The number of aryl methyl sites for hydroxylation is 1. The number of benzene rings is 1. The highest BCUT2D eigenvalue weighted by molar-refractivity contribution is 5.32. The topological polar surface area (TPSA) is 44.0 Å². The van der Waals surface area contributed by atoms with Crippen LogP contribution in [0.4, 0.5) is 0 Å². The summed E-state index contributed by atoms with van der Waals surface area (Å²) in [4.78, 5) is 0. The standard InChI is InChI=1S/C18H25NO/c1-3-14-9-11-18(13-19,12-10-14)17(20)16-8-6-5-7-15(16)4-2/h5-8,14,17,20H,3-4,9-12H2,1-2H3. The van der Waals surface area contributed by atoms with E-state index in [4.69, 9.17) is 0 Å². The van der Waals surface area contributed by atoms with Crippen LogP contribution in [-0.4, -0.2) is 5.11 Å². The number of aliphatic hydroxyl groups is 1. The molecule has 0 radical (unpaired) electrons. The van der Waals surface area contributed by atoms with Crippen molar-refractivity contribution in [2.24, 2.45) is 11.3 Å². The van der Waals surface area contributed by atoms with Crippen molar-refractivity contribution in [2.45, 2.75) is 58.5 Å². The lowest BCUT2D eigenvalue weighted by atomic mass is 9.66. The predicted octanol–water partition coefficient (Wildman–Crippen LogP) is 4.39. The lowest BCUT2D eigenvalue weighted by Gasteiger charge is -2.38. The zero-order valence-electron chi connectivity index (χ0n) is 12.6. The van der Waals surface area contributed by atoms with E-state index in [2.05, 4.69) is 26.0 Å². The zero-order valence-corrected chi connectivity index (χ0v) is 12.6. The first-order valence-electron chi connectivity index (χ1n) is 7.84. The summed E-state index contributed by atoms with van der Waals surface area (Å²) in [5.74, 6) is 0.727. The first kappa shape index (κ1) is 15.1. The molecule has 1 atom stereocenters. The first-order valence-corrected chi connectivity index (χ1v) is 7.84. The van der Waals surface area contributed by atoms with Crippen molar-refractivity contribution in [1.29, 1.82) is 5.26 Å². The van der Waals surface area contributed by atoms with Gasteiger partial charge in [-0.25, -0.2) is 0 Å². The zero-order chi connectivity index (χ0) is 14.6. The average molecular weight is 271 g/mol. The van der Waals surface area contributed by atoms with Crippen molar-refractivity contribution < 1.29 is 5.11 Å². The van der Waals surface area contributed by atoms with Crippen LogP contribution in [0.1, 0.15) is 63.2 Å². The molecule has 1 aromatic carbocycles. The third-order valence-corrected chi connectivity index (χ3v) is 5.05. The maximum absolute atomic E-state index is 10.8. The number of rotatable bonds is 4. The van der Waals surface area contributed by atoms with Crippen molar-refractivity contribution >= 4 is 0 Å². The van der Waals surface area contributed by atoms with Crippen molar-refractivity contribution in [1.82, 2.24) is 0 Å². The van der Waals surface area contributed by atoms with E-state index in [0.29, 0.717) is 0 Å². The third-order valence-electron chi connectivity index (χ3n) is 5.05. The molecule has 0 bridgehead atoms. The summed E-state index contributed by atoms with van der Waals surface area (Å²) in [6.45, 7) is 4.31. The Kier molecular flexibility index (Phi) is 4.83. The number of nitrogens with zero attached hydrogens (tertiary/aromatic N) is 1. The van der Waals surface area contributed by atoms with Gasteiger partial charge in [0.05, 0.1) is 17.6 Å². The van der Waals surface area contributed by atoms with E-state index in [-0.39, 0.29) is 0 Å². The number of hydrogen-bond acceptors (Lipinski definition) is 2. The van der Waals surface area contributed by atoms with Gasteiger partial charge in [-0.2, -0.15) is 5.26 Å². The van der Waals surface area contributed by atoms with Crippen LogP contribution in [0.3, 0.4) is 0 Å². The Bertz CT molecular complexity index is 480. The molecule has 1 aliphatic carbocycles. The minimum absolute atomic E-state index is 0.586. The van der Waals surface area contributed by atoms with Crippen LogP contribution in [0, 0.1) is 22.7 Å². The van der Waals surface area contributed by atoms with E-state index in [1.165, 1.54) is 6.42 Å². The molecule has 1 N–H and O–H groups in total. The molecule has 0 aliphatic heterocycles. The van der Waals surface area contributed by atoms with Gasteiger partial charge in [-0.1, -0.05) is 44.5 Å². The molecule has 1 saturated carbocycles. The van der Waals surface area contributed by atoms with E-state index in [1.54, 1.807) is 0 Å². The fourth-order valence-corrected chi connectivity index (χ4v) is 3.47. The summed E-state index contributed by atoms with van der Waals surface area (Å²) < 4.78 is 0. The molecule has 108 valence electrons. The molecular formula is C18H25NO. The van der Waals surface area contributed by atoms with Crippen molar-refractivity contribution in [3.63, 3.8) is 0 Å². The van der Waals surface area contributed by atoms with Crippen LogP contribution in [0.2, 0.25) is 0 Å². The normalized spacial score (nSPS) is 27.8.